The first kappa shape index (κ1) is 21.2. The maximum Gasteiger partial charge on any atom is 0.433 e. The first-order chi connectivity index (χ1) is 13.2. The SMILES string of the molecule is Cc1nc(C(F)(F)F)ccc1C(=O)NCc1ccc(OCCCC(=O)O)cc1. The molecule has 0 radical (unpaired) electrons. The van der Waals surface area contributed by atoms with Crippen LogP contribution < -0.4 is 10.1 Å². The Bertz CT molecular complexity index is 836. The van der Waals surface area contributed by atoms with E-state index in [0.29, 0.717) is 12.2 Å². The molecule has 0 saturated heterocycles. The van der Waals surface area contributed by atoms with Gasteiger partial charge < -0.3 is 15.2 Å². The van der Waals surface area contributed by atoms with Gasteiger partial charge >= 0.3 is 12.1 Å². The van der Waals surface area contributed by atoms with Crippen molar-refractivity contribution in [1.29, 1.82) is 0 Å². The fourth-order valence-corrected chi connectivity index (χ4v) is 2.35. The van der Waals surface area contributed by atoms with Gasteiger partial charge in [-0.2, -0.15) is 13.2 Å². The molecule has 0 spiro atoms. The number of aromatic nitrogens is 1. The van der Waals surface area contributed by atoms with E-state index in [2.05, 4.69) is 10.3 Å². The number of aryl methyl sites for hydroxylation is 1. The standard InChI is InChI=1S/C19H19F3N2O4/c1-12-15(8-9-16(24-12)19(20,21)22)18(27)23-11-13-4-6-14(7-5-13)28-10-2-3-17(25)26/h4-9H,2-3,10-11H2,1H3,(H,23,27)(H,25,26). The van der Waals surface area contributed by atoms with Crippen molar-refractivity contribution in [3.63, 3.8) is 0 Å². The van der Waals surface area contributed by atoms with Crippen LogP contribution in [0.3, 0.4) is 0 Å². The normalized spacial score (nSPS) is 11.1. The van der Waals surface area contributed by atoms with Crippen molar-refractivity contribution in [3.8, 4) is 5.75 Å². The number of rotatable bonds is 8. The third-order valence-electron chi connectivity index (χ3n) is 3.80. The number of carboxylic acids is 1. The number of nitrogens with one attached hydrogen (secondary N) is 1. The Labute approximate surface area is 159 Å². The lowest BCUT2D eigenvalue weighted by atomic mass is 10.1. The molecule has 150 valence electrons. The van der Waals surface area contributed by atoms with Gasteiger partial charge in [0.1, 0.15) is 11.4 Å². The van der Waals surface area contributed by atoms with Crippen molar-refractivity contribution in [1.82, 2.24) is 10.3 Å². The molecule has 0 unspecified atom stereocenters. The van der Waals surface area contributed by atoms with Gasteiger partial charge in [-0.15, -0.1) is 0 Å². The van der Waals surface area contributed by atoms with Gasteiger partial charge in [-0.25, -0.2) is 4.98 Å². The monoisotopic (exact) mass is 396 g/mol. The molecule has 28 heavy (non-hydrogen) atoms. The number of carbonyl (C=O) groups is 2. The van der Waals surface area contributed by atoms with E-state index < -0.39 is 23.7 Å². The number of pyridine rings is 1. The van der Waals surface area contributed by atoms with E-state index in [1.54, 1.807) is 24.3 Å². The van der Waals surface area contributed by atoms with E-state index in [1.807, 2.05) is 0 Å². The number of aliphatic carboxylic acids is 1. The molecule has 0 saturated carbocycles. The summed E-state index contributed by atoms with van der Waals surface area (Å²) in [7, 11) is 0. The second kappa shape index (κ2) is 9.20. The molecule has 1 aromatic heterocycles. The summed E-state index contributed by atoms with van der Waals surface area (Å²) >= 11 is 0. The van der Waals surface area contributed by atoms with Crippen LogP contribution in [0.5, 0.6) is 5.75 Å². The number of ether oxygens (including phenoxy) is 1. The summed E-state index contributed by atoms with van der Waals surface area (Å²) < 4.78 is 43.3. The molecule has 6 nitrogen and oxygen atoms in total. The quantitative estimate of drug-likeness (QED) is 0.666. The third kappa shape index (κ3) is 6.26. The molecule has 0 aliphatic carbocycles. The molecule has 2 N–H and O–H groups in total. The summed E-state index contributed by atoms with van der Waals surface area (Å²) in [5.41, 5.74) is -0.201. The first-order valence-corrected chi connectivity index (χ1v) is 8.43. The molecule has 0 aliphatic heterocycles. The second-order valence-corrected chi connectivity index (χ2v) is 6.00. The third-order valence-corrected chi connectivity index (χ3v) is 3.80. The largest absolute Gasteiger partial charge is 0.494 e. The lowest BCUT2D eigenvalue weighted by molar-refractivity contribution is -0.141. The Hall–Kier alpha value is -3.10. The molecule has 0 aliphatic rings. The molecule has 0 atom stereocenters. The number of benzene rings is 1. The predicted octanol–water partition coefficient (Wildman–Crippen LogP) is 3.58. The molecule has 0 fully saturated rings. The van der Waals surface area contributed by atoms with Crippen LogP contribution >= 0.6 is 0 Å². The minimum absolute atomic E-state index is 0.00238. The van der Waals surface area contributed by atoms with Gasteiger partial charge in [0.15, 0.2) is 0 Å². The number of nitrogens with zero attached hydrogens (tertiary/aromatic N) is 1. The van der Waals surface area contributed by atoms with Gasteiger partial charge in [0.05, 0.1) is 17.9 Å². The maximum absolute atomic E-state index is 12.6. The zero-order valence-electron chi connectivity index (χ0n) is 15.0. The van der Waals surface area contributed by atoms with Crippen LogP contribution in [0.2, 0.25) is 0 Å². The average Bonchev–Trinajstić information content (AvgIpc) is 2.63. The van der Waals surface area contributed by atoms with Gasteiger partial charge in [0.2, 0.25) is 0 Å². The summed E-state index contributed by atoms with van der Waals surface area (Å²) in [4.78, 5) is 26.1. The zero-order valence-corrected chi connectivity index (χ0v) is 15.0. The second-order valence-electron chi connectivity index (χ2n) is 6.00. The topological polar surface area (TPSA) is 88.5 Å². The fourth-order valence-electron chi connectivity index (χ4n) is 2.35. The smallest absolute Gasteiger partial charge is 0.433 e. The highest BCUT2D eigenvalue weighted by molar-refractivity contribution is 5.95. The Balaban J connectivity index is 1.88. The van der Waals surface area contributed by atoms with E-state index in [-0.39, 0.29) is 30.8 Å². The molecular weight excluding hydrogens is 377 g/mol. The zero-order chi connectivity index (χ0) is 20.7. The molecule has 2 aromatic rings. The Kier molecular flexibility index (Phi) is 6.97. The maximum atomic E-state index is 12.6. The lowest BCUT2D eigenvalue weighted by Crippen LogP contribution is -2.24. The number of hydrogen-bond donors (Lipinski definition) is 2. The van der Waals surface area contributed by atoms with Crippen LogP contribution in [0, 0.1) is 6.92 Å². The molecular formula is C19H19F3N2O4. The number of carbonyl (C=O) groups excluding carboxylic acids is 1. The van der Waals surface area contributed by atoms with E-state index in [9.17, 15) is 22.8 Å². The van der Waals surface area contributed by atoms with Gasteiger partial charge in [-0.05, 0) is 43.2 Å². The molecule has 1 amide bonds. The molecule has 1 aromatic carbocycles. The van der Waals surface area contributed by atoms with Crippen molar-refractivity contribution in [2.45, 2.75) is 32.5 Å². The van der Waals surface area contributed by atoms with Crippen LogP contribution in [0.15, 0.2) is 36.4 Å². The summed E-state index contributed by atoms with van der Waals surface area (Å²) in [6.07, 6.45) is -4.13. The Morgan fingerprint density at radius 2 is 1.82 bits per heavy atom. The minimum Gasteiger partial charge on any atom is -0.494 e. The van der Waals surface area contributed by atoms with Crippen LogP contribution in [-0.4, -0.2) is 28.6 Å². The number of halogens is 3. The van der Waals surface area contributed by atoms with E-state index in [4.69, 9.17) is 9.84 Å². The highest BCUT2D eigenvalue weighted by Gasteiger charge is 2.33. The summed E-state index contributed by atoms with van der Waals surface area (Å²) in [5.74, 6) is -0.829. The lowest BCUT2D eigenvalue weighted by Gasteiger charge is -2.11. The number of alkyl halides is 3. The highest BCUT2D eigenvalue weighted by atomic mass is 19.4. The summed E-state index contributed by atoms with van der Waals surface area (Å²) in [5, 5.41) is 11.2. The number of amides is 1. The molecule has 2 rings (SSSR count). The van der Waals surface area contributed by atoms with Crippen molar-refractivity contribution in [2.75, 3.05) is 6.61 Å². The van der Waals surface area contributed by atoms with Gasteiger partial charge in [0.25, 0.3) is 5.91 Å². The molecule has 0 bridgehead atoms. The first-order valence-electron chi connectivity index (χ1n) is 8.43. The van der Waals surface area contributed by atoms with Crippen LogP contribution in [0.1, 0.15) is 40.2 Å². The number of carboxylic acid groups (broad SMARTS) is 1. The van der Waals surface area contributed by atoms with Crippen molar-refractivity contribution >= 4 is 11.9 Å². The van der Waals surface area contributed by atoms with Crippen LogP contribution in [-0.2, 0) is 17.5 Å². The predicted molar refractivity (Wildman–Crippen MR) is 94.0 cm³/mol. The molecule has 9 heteroatoms. The van der Waals surface area contributed by atoms with Crippen molar-refractivity contribution in [2.24, 2.45) is 0 Å². The Morgan fingerprint density at radius 3 is 2.39 bits per heavy atom. The summed E-state index contributed by atoms with van der Waals surface area (Å²) in [6.45, 7) is 1.81. The van der Waals surface area contributed by atoms with Gasteiger partial charge in [-0.3, -0.25) is 9.59 Å². The van der Waals surface area contributed by atoms with E-state index in [0.717, 1.165) is 17.7 Å². The van der Waals surface area contributed by atoms with Gasteiger partial charge in [0, 0.05) is 13.0 Å². The van der Waals surface area contributed by atoms with Crippen molar-refractivity contribution < 1.29 is 32.6 Å². The Morgan fingerprint density at radius 1 is 1.14 bits per heavy atom. The summed E-state index contributed by atoms with van der Waals surface area (Å²) in [6, 6.07) is 8.71. The van der Waals surface area contributed by atoms with Crippen LogP contribution in [0.4, 0.5) is 13.2 Å². The van der Waals surface area contributed by atoms with Gasteiger partial charge in [-0.1, -0.05) is 12.1 Å². The fraction of sp³-hybridized carbons (Fsp3) is 0.316. The van der Waals surface area contributed by atoms with Crippen molar-refractivity contribution in [3.05, 3.63) is 58.9 Å². The number of hydrogen-bond acceptors (Lipinski definition) is 4. The van der Waals surface area contributed by atoms with E-state index in [1.165, 1.54) is 6.92 Å². The van der Waals surface area contributed by atoms with E-state index >= 15 is 0 Å². The minimum atomic E-state index is -4.56. The average molecular weight is 396 g/mol. The molecule has 1 heterocycles. The highest BCUT2D eigenvalue weighted by Crippen LogP contribution is 2.28. The van der Waals surface area contributed by atoms with Crippen LogP contribution in [0.25, 0.3) is 0 Å².